The van der Waals surface area contributed by atoms with Crippen molar-refractivity contribution in [3.05, 3.63) is 33.6 Å². The molecule has 1 rings (SSSR count). The second kappa shape index (κ2) is 3.42. The zero-order valence-corrected chi connectivity index (χ0v) is 7.71. The van der Waals surface area contributed by atoms with E-state index in [1.165, 1.54) is 13.0 Å². The monoisotopic (exact) mass is 206 g/mol. The average molecular weight is 207 g/mol. The maximum absolute atomic E-state index is 12.7. The van der Waals surface area contributed by atoms with E-state index in [1.54, 1.807) is 0 Å². The third-order valence-corrected chi connectivity index (χ3v) is 1.99. The SMILES string of the molecule is CC(=O)c1cc(Cl)c(F)cc1Cl. The lowest BCUT2D eigenvalue weighted by Crippen LogP contribution is -1.94. The fourth-order valence-corrected chi connectivity index (χ4v) is 1.24. The van der Waals surface area contributed by atoms with E-state index >= 15 is 0 Å². The van der Waals surface area contributed by atoms with E-state index in [2.05, 4.69) is 0 Å². The van der Waals surface area contributed by atoms with Crippen molar-refractivity contribution >= 4 is 29.0 Å². The Labute approximate surface area is 79.1 Å². The molecule has 0 spiro atoms. The van der Waals surface area contributed by atoms with E-state index in [1.807, 2.05) is 0 Å². The minimum atomic E-state index is -0.619. The van der Waals surface area contributed by atoms with Crippen LogP contribution in [0.3, 0.4) is 0 Å². The smallest absolute Gasteiger partial charge is 0.161 e. The van der Waals surface area contributed by atoms with E-state index in [-0.39, 0.29) is 21.4 Å². The summed E-state index contributed by atoms with van der Waals surface area (Å²) in [6.45, 7) is 1.34. The first-order valence-electron chi connectivity index (χ1n) is 3.18. The van der Waals surface area contributed by atoms with Crippen LogP contribution in [-0.4, -0.2) is 5.78 Å². The van der Waals surface area contributed by atoms with E-state index in [0.717, 1.165) is 6.07 Å². The lowest BCUT2D eigenvalue weighted by atomic mass is 10.1. The van der Waals surface area contributed by atoms with Crippen LogP contribution in [0.25, 0.3) is 0 Å². The van der Waals surface area contributed by atoms with Gasteiger partial charge in [0.1, 0.15) is 5.82 Å². The molecule has 1 aromatic rings. The fraction of sp³-hybridized carbons (Fsp3) is 0.125. The van der Waals surface area contributed by atoms with Gasteiger partial charge in [-0.05, 0) is 19.1 Å². The second-order valence-electron chi connectivity index (χ2n) is 2.30. The standard InChI is InChI=1S/C8H5Cl2FO/c1-4(12)5-2-7(10)8(11)3-6(5)9/h2-3H,1H3. The highest BCUT2D eigenvalue weighted by Gasteiger charge is 2.09. The molecule has 1 nitrogen and oxygen atoms in total. The summed E-state index contributed by atoms with van der Waals surface area (Å²) in [7, 11) is 0. The first-order chi connectivity index (χ1) is 5.52. The van der Waals surface area contributed by atoms with E-state index in [9.17, 15) is 9.18 Å². The number of benzene rings is 1. The predicted molar refractivity (Wildman–Crippen MR) is 46.4 cm³/mol. The van der Waals surface area contributed by atoms with Crippen molar-refractivity contribution in [3.63, 3.8) is 0 Å². The number of halogens is 3. The molecule has 0 heterocycles. The number of rotatable bonds is 1. The quantitative estimate of drug-likeness (QED) is 0.509. The van der Waals surface area contributed by atoms with Gasteiger partial charge >= 0.3 is 0 Å². The highest BCUT2D eigenvalue weighted by atomic mass is 35.5. The van der Waals surface area contributed by atoms with E-state index < -0.39 is 5.82 Å². The van der Waals surface area contributed by atoms with Gasteiger partial charge in [-0.2, -0.15) is 0 Å². The molecule has 0 atom stereocenters. The van der Waals surface area contributed by atoms with Crippen LogP contribution < -0.4 is 0 Å². The van der Waals surface area contributed by atoms with Crippen LogP contribution in [0.4, 0.5) is 4.39 Å². The van der Waals surface area contributed by atoms with Gasteiger partial charge in [0, 0.05) is 5.56 Å². The Morgan fingerprint density at radius 1 is 1.33 bits per heavy atom. The fourth-order valence-electron chi connectivity index (χ4n) is 0.792. The number of Topliss-reactive ketones (excluding diaryl/α,β-unsaturated/α-hetero) is 1. The highest BCUT2D eigenvalue weighted by Crippen LogP contribution is 2.24. The summed E-state index contributed by atoms with van der Waals surface area (Å²) >= 11 is 11.0. The van der Waals surface area contributed by atoms with Crippen molar-refractivity contribution in [2.24, 2.45) is 0 Å². The molecule has 64 valence electrons. The Morgan fingerprint density at radius 2 is 1.92 bits per heavy atom. The number of hydrogen-bond acceptors (Lipinski definition) is 1. The van der Waals surface area contributed by atoms with Crippen LogP contribution in [0.1, 0.15) is 17.3 Å². The molecule has 12 heavy (non-hydrogen) atoms. The number of carbonyl (C=O) groups is 1. The van der Waals surface area contributed by atoms with Crippen LogP contribution >= 0.6 is 23.2 Å². The molecule has 0 aliphatic rings. The van der Waals surface area contributed by atoms with Gasteiger partial charge in [0.25, 0.3) is 0 Å². The molecule has 0 aliphatic heterocycles. The molecule has 0 bridgehead atoms. The van der Waals surface area contributed by atoms with Crippen molar-refractivity contribution < 1.29 is 9.18 Å². The van der Waals surface area contributed by atoms with Crippen molar-refractivity contribution in [1.29, 1.82) is 0 Å². The van der Waals surface area contributed by atoms with Crippen LogP contribution in [0.2, 0.25) is 10.0 Å². The molecule has 0 amide bonds. The van der Waals surface area contributed by atoms with E-state index in [0.29, 0.717) is 0 Å². The van der Waals surface area contributed by atoms with Crippen molar-refractivity contribution in [1.82, 2.24) is 0 Å². The highest BCUT2D eigenvalue weighted by molar-refractivity contribution is 6.35. The normalized spacial score (nSPS) is 10.0. The zero-order chi connectivity index (χ0) is 9.30. The Morgan fingerprint density at radius 3 is 2.42 bits per heavy atom. The van der Waals surface area contributed by atoms with E-state index in [4.69, 9.17) is 23.2 Å². The number of hydrogen-bond donors (Lipinski definition) is 0. The van der Waals surface area contributed by atoms with Crippen LogP contribution in [0, 0.1) is 5.82 Å². The van der Waals surface area contributed by atoms with Gasteiger partial charge in [-0.25, -0.2) is 4.39 Å². The molecule has 0 saturated heterocycles. The Kier molecular flexibility index (Phi) is 2.70. The van der Waals surface area contributed by atoms with Gasteiger partial charge < -0.3 is 0 Å². The molecule has 4 heteroatoms. The summed E-state index contributed by atoms with van der Waals surface area (Å²) in [6.07, 6.45) is 0. The molecular formula is C8H5Cl2FO. The predicted octanol–water partition coefficient (Wildman–Crippen LogP) is 3.34. The maximum atomic E-state index is 12.7. The topological polar surface area (TPSA) is 17.1 Å². The van der Waals surface area contributed by atoms with Gasteiger partial charge in [-0.15, -0.1) is 0 Å². The minimum Gasteiger partial charge on any atom is -0.294 e. The van der Waals surface area contributed by atoms with Gasteiger partial charge in [0.15, 0.2) is 5.78 Å². The molecule has 0 saturated carbocycles. The zero-order valence-electron chi connectivity index (χ0n) is 6.20. The summed E-state index contributed by atoms with van der Waals surface area (Å²) in [4.78, 5) is 10.9. The van der Waals surface area contributed by atoms with Crippen molar-refractivity contribution in [3.8, 4) is 0 Å². The summed E-state index contributed by atoms with van der Waals surface area (Å²) in [5.41, 5.74) is 0.239. The van der Waals surface area contributed by atoms with Crippen molar-refractivity contribution in [2.75, 3.05) is 0 Å². The summed E-state index contributed by atoms with van der Waals surface area (Å²) in [5.74, 6) is -0.853. The summed E-state index contributed by atoms with van der Waals surface area (Å²) < 4.78 is 12.7. The second-order valence-corrected chi connectivity index (χ2v) is 3.12. The number of ketones is 1. The van der Waals surface area contributed by atoms with Crippen LogP contribution in [0.5, 0.6) is 0 Å². The largest absolute Gasteiger partial charge is 0.294 e. The Hall–Kier alpha value is -0.600. The molecular weight excluding hydrogens is 202 g/mol. The van der Waals surface area contributed by atoms with Gasteiger partial charge in [0.05, 0.1) is 10.0 Å². The maximum Gasteiger partial charge on any atom is 0.161 e. The first kappa shape index (κ1) is 9.49. The van der Waals surface area contributed by atoms with Crippen LogP contribution in [-0.2, 0) is 0 Å². The lowest BCUT2D eigenvalue weighted by molar-refractivity contribution is 0.101. The first-order valence-corrected chi connectivity index (χ1v) is 3.93. The van der Waals surface area contributed by atoms with Crippen molar-refractivity contribution in [2.45, 2.75) is 6.92 Å². The molecule has 0 N–H and O–H groups in total. The number of carbonyl (C=O) groups excluding carboxylic acids is 1. The van der Waals surface area contributed by atoms with Gasteiger partial charge in [0.2, 0.25) is 0 Å². The molecule has 0 aliphatic carbocycles. The Bertz CT molecular complexity index is 336. The van der Waals surface area contributed by atoms with Crippen LogP contribution in [0.15, 0.2) is 12.1 Å². The third-order valence-electron chi connectivity index (χ3n) is 1.39. The molecule has 0 radical (unpaired) electrons. The third kappa shape index (κ3) is 1.76. The van der Waals surface area contributed by atoms with Gasteiger partial charge in [-0.3, -0.25) is 4.79 Å². The molecule has 0 unspecified atom stereocenters. The molecule has 1 aromatic carbocycles. The average Bonchev–Trinajstić information content (AvgIpc) is 1.96. The molecule has 0 aromatic heterocycles. The Balaban J connectivity index is 3.33. The lowest BCUT2D eigenvalue weighted by Gasteiger charge is -2.00. The summed E-state index contributed by atoms with van der Waals surface area (Å²) in [5, 5.41) is -0.00556. The van der Waals surface area contributed by atoms with Gasteiger partial charge in [-0.1, -0.05) is 23.2 Å². The molecule has 0 fully saturated rings. The summed E-state index contributed by atoms with van der Waals surface area (Å²) in [6, 6.07) is 2.25. The minimum absolute atomic E-state index is 0.0874.